The third-order valence-corrected chi connectivity index (χ3v) is 3.76. The number of nitrogens with zero attached hydrogens (tertiary/aromatic N) is 2. The molecule has 0 spiro atoms. The Bertz CT molecular complexity index is 779. The molecule has 3 aromatic rings. The van der Waals surface area contributed by atoms with Crippen LogP contribution in [0.4, 0.5) is 5.69 Å². The van der Waals surface area contributed by atoms with Crippen molar-refractivity contribution in [1.29, 1.82) is 0 Å². The topological polar surface area (TPSA) is 37.8 Å². The minimum Gasteiger partial charge on any atom is -0.378 e. The van der Waals surface area contributed by atoms with Crippen molar-refractivity contribution in [3.05, 3.63) is 64.6 Å². The predicted molar refractivity (Wildman–Crippen MR) is 87.8 cm³/mol. The molecule has 0 radical (unpaired) electrons. The number of rotatable bonds is 3. The van der Waals surface area contributed by atoms with E-state index in [2.05, 4.69) is 39.6 Å². The second-order valence-corrected chi connectivity index (χ2v) is 5.48. The summed E-state index contributed by atoms with van der Waals surface area (Å²) in [6.07, 6.45) is 1.72. The van der Waals surface area contributed by atoms with E-state index in [4.69, 9.17) is 11.6 Å². The van der Waals surface area contributed by atoms with Crippen LogP contribution in [0.25, 0.3) is 10.9 Å². The molecule has 0 unspecified atom stereocenters. The Labute approximate surface area is 129 Å². The highest BCUT2D eigenvalue weighted by atomic mass is 35.5. The summed E-state index contributed by atoms with van der Waals surface area (Å²) in [5, 5.41) is 5.01. The Morgan fingerprint density at radius 1 is 1.10 bits per heavy atom. The molecular weight excluding hydrogens is 282 g/mol. The van der Waals surface area contributed by atoms with Gasteiger partial charge in [-0.05, 0) is 49.2 Å². The third-order valence-electron chi connectivity index (χ3n) is 3.48. The molecule has 1 aromatic carbocycles. The first-order chi connectivity index (χ1) is 10.1. The monoisotopic (exact) mass is 297 g/mol. The zero-order valence-electron chi connectivity index (χ0n) is 12.0. The fraction of sp³-hybridized carbons (Fsp3) is 0.176. The van der Waals surface area contributed by atoms with Gasteiger partial charge in [0.05, 0.1) is 11.2 Å². The number of anilines is 1. The molecule has 4 heteroatoms. The van der Waals surface area contributed by atoms with E-state index in [1.165, 1.54) is 5.56 Å². The molecule has 0 aliphatic rings. The summed E-state index contributed by atoms with van der Waals surface area (Å²) < 4.78 is 0. The number of aryl methyl sites for hydroxylation is 2. The fourth-order valence-electron chi connectivity index (χ4n) is 2.31. The summed E-state index contributed by atoms with van der Waals surface area (Å²) >= 11 is 6.12. The zero-order chi connectivity index (χ0) is 14.8. The predicted octanol–water partition coefficient (Wildman–Crippen LogP) is 4.51. The van der Waals surface area contributed by atoms with Gasteiger partial charge in [0, 0.05) is 23.8 Å². The largest absolute Gasteiger partial charge is 0.378 e. The highest BCUT2D eigenvalue weighted by molar-refractivity contribution is 6.32. The highest BCUT2D eigenvalue weighted by Gasteiger charge is 2.05. The van der Waals surface area contributed by atoms with Crippen LogP contribution in [0, 0.1) is 13.8 Å². The first-order valence-electron chi connectivity index (χ1n) is 6.85. The maximum atomic E-state index is 6.12. The van der Waals surface area contributed by atoms with E-state index in [1.54, 1.807) is 6.20 Å². The molecule has 0 saturated heterocycles. The maximum Gasteiger partial charge on any atom is 0.152 e. The van der Waals surface area contributed by atoms with Crippen molar-refractivity contribution in [1.82, 2.24) is 9.97 Å². The summed E-state index contributed by atoms with van der Waals surface area (Å²) in [6.45, 7) is 4.72. The van der Waals surface area contributed by atoms with Crippen molar-refractivity contribution in [2.45, 2.75) is 20.4 Å². The number of halogens is 1. The van der Waals surface area contributed by atoms with E-state index in [0.29, 0.717) is 11.7 Å². The number of nitrogens with one attached hydrogen (secondary N) is 1. The van der Waals surface area contributed by atoms with E-state index >= 15 is 0 Å². The maximum absolute atomic E-state index is 6.12. The number of hydrogen-bond acceptors (Lipinski definition) is 3. The molecule has 0 atom stereocenters. The standard InChI is InChI=1S/C17H16ClN3/c1-11-7-8-19-17(18)16(11)20-10-13-4-6-15-14(9-13)5-3-12(2)21-15/h3-9,20H,10H2,1-2H3. The zero-order valence-corrected chi connectivity index (χ0v) is 12.8. The minimum atomic E-state index is 0.507. The lowest BCUT2D eigenvalue weighted by Gasteiger charge is -2.11. The quantitative estimate of drug-likeness (QED) is 0.723. The second-order valence-electron chi connectivity index (χ2n) is 5.13. The van der Waals surface area contributed by atoms with Gasteiger partial charge in [-0.1, -0.05) is 23.7 Å². The molecule has 2 heterocycles. The lowest BCUT2D eigenvalue weighted by molar-refractivity contribution is 1.13. The van der Waals surface area contributed by atoms with Crippen LogP contribution in [0.2, 0.25) is 5.15 Å². The van der Waals surface area contributed by atoms with Crippen molar-refractivity contribution >= 4 is 28.2 Å². The van der Waals surface area contributed by atoms with Crippen LogP contribution in [0.1, 0.15) is 16.8 Å². The Morgan fingerprint density at radius 2 is 1.95 bits per heavy atom. The van der Waals surface area contributed by atoms with E-state index < -0.39 is 0 Å². The molecule has 0 amide bonds. The Balaban J connectivity index is 1.84. The Hall–Kier alpha value is -2.13. The summed E-state index contributed by atoms with van der Waals surface area (Å²) in [5.41, 5.74) is 5.22. The smallest absolute Gasteiger partial charge is 0.152 e. The van der Waals surface area contributed by atoms with Crippen molar-refractivity contribution < 1.29 is 0 Å². The van der Waals surface area contributed by atoms with Gasteiger partial charge in [-0.25, -0.2) is 4.98 Å². The van der Waals surface area contributed by atoms with Crippen LogP contribution in [-0.2, 0) is 6.54 Å². The molecule has 0 aliphatic carbocycles. The van der Waals surface area contributed by atoms with Gasteiger partial charge in [-0.15, -0.1) is 0 Å². The first kappa shape index (κ1) is 13.8. The van der Waals surface area contributed by atoms with Crippen LogP contribution in [0.5, 0.6) is 0 Å². The van der Waals surface area contributed by atoms with Gasteiger partial charge in [0.1, 0.15) is 0 Å². The van der Waals surface area contributed by atoms with Crippen molar-refractivity contribution in [3.8, 4) is 0 Å². The molecule has 0 aliphatic heterocycles. The number of pyridine rings is 2. The molecule has 2 aromatic heterocycles. The molecule has 0 saturated carbocycles. The third kappa shape index (κ3) is 2.98. The molecular formula is C17H16ClN3. The number of fused-ring (bicyclic) bond motifs is 1. The number of aromatic nitrogens is 2. The average molecular weight is 298 g/mol. The van der Waals surface area contributed by atoms with Gasteiger partial charge in [0.25, 0.3) is 0 Å². The molecule has 3 rings (SSSR count). The SMILES string of the molecule is Cc1ccc2cc(CNc3c(C)ccnc3Cl)ccc2n1. The number of benzene rings is 1. The molecule has 3 nitrogen and oxygen atoms in total. The lowest BCUT2D eigenvalue weighted by Crippen LogP contribution is -2.02. The first-order valence-corrected chi connectivity index (χ1v) is 7.22. The van der Waals surface area contributed by atoms with Crippen LogP contribution in [0.3, 0.4) is 0 Å². The van der Waals surface area contributed by atoms with Crippen LogP contribution in [-0.4, -0.2) is 9.97 Å². The van der Waals surface area contributed by atoms with Crippen LogP contribution in [0.15, 0.2) is 42.6 Å². The summed E-state index contributed by atoms with van der Waals surface area (Å²) in [4.78, 5) is 8.62. The van der Waals surface area contributed by atoms with Gasteiger partial charge in [0.15, 0.2) is 5.15 Å². The summed E-state index contributed by atoms with van der Waals surface area (Å²) in [7, 11) is 0. The summed E-state index contributed by atoms with van der Waals surface area (Å²) in [5.74, 6) is 0. The van der Waals surface area contributed by atoms with Gasteiger partial charge >= 0.3 is 0 Å². The molecule has 106 valence electrons. The fourth-order valence-corrected chi connectivity index (χ4v) is 2.59. The van der Waals surface area contributed by atoms with Crippen molar-refractivity contribution in [3.63, 3.8) is 0 Å². The number of hydrogen-bond donors (Lipinski definition) is 1. The van der Waals surface area contributed by atoms with E-state index in [-0.39, 0.29) is 0 Å². The van der Waals surface area contributed by atoms with Crippen LogP contribution >= 0.6 is 11.6 Å². The summed E-state index contributed by atoms with van der Waals surface area (Å²) in [6, 6.07) is 12.4. The van der Waals surface area contributed by atoms with E-state index in [1.807, 2.05) is 26.0 Å². The molecule has 0 fully saturated rings. The van der Waals surface area contributed by atoms with Crippen molar-refractivity contribution in [2.24, 2.45) is 0 Å². The molecule has 1 N–H and O–H groups in total. The Morgan fingerprint density at radius 3 is 2.76 bits per heavy atom. The van der Waals surface area contributed by atoms with Gasteiger partial charge in [0.2, 0.25) is 0 Å². The van der Waals surface area contributed by atoms with Crippen molar-refractivity contribution in [2.75, 3.05) is 5.32 Å². The normalized spacial score (nSPS) is 10.8. The lowest BCUT2D eigenvalue weighted by atomic mass is 10.1. The minimum absolute atomic E-state index is 0.507. The van der Waals surface area contributed by atoms with Crippen LogP contribution < -0.4 is 5.32 Å². The van der Waals surface area contributed by atoms with E-state index in [0.717, 1.165) is 27.8 Å². The van der Waals surface area contributed by atoms with E-state index in [9.17, 15) is 0 Å². The molecule has 21 heavy (non-hydrogen) atoms. The van der Waals surface area contributed by atoms with Gasteiger partial charge < -0.3 is 5.32 Å². The molecule has 0 bridgehead atoms. The highest BCUT2D eigenvalue weighted by Crippen LogP contribution is 2.24. The average Bonchev–Trinajstić information content (AvgIpc) is 2.47. The van der Waals surface area contributed by atoms with Gasteiger partial charge in [-0.3, -0.25) is 4.98 Å². The second kappa shape index (κ2) is 5.70. The Kier molecular flexibility index (Phi) is 3.76. The van der Waals surface area contributed by atoms with Gasteiger partial charge in [-0.2, -0.15) is 0 Å².